The predicted octanol–water partition coefficient (Wildman–Crippen LogP) is -0.782. The lowest BCUT2D eigenvalue weighted by Crippen LogP contribution is -2.27. The maximum atomic E-state index is 10.7. The van der Waals surface area contributed by atoms with Gasteiger partial charge in [0.1, 0.15) is 6.54 Å². The minimum atomic E-state index is -1.15. The molecule has 0 heterocycles. The quantitative estimate of drug-likeness (QED) is 0.490. The Hall–Kier alpha value is -1.85. The molecule has 0 unspecified atom stereocenters. The average Bonchev–Trinajstić information content (AvgIpc) is 2.00. The number of rotatable bonds is 5. The second kappa shape index (κ2) is 5.76. The van der Waals surface area contributed by atoms with E-state index in [-0.39, 0.29) is 6.42 Å². The summed E-state index contributed by atoms with van der Waals surface area (Å²) in [6.45, 7) is -0.476. The first-order chi connectivity index (χ1) is 6.02. The molecule has 0 aromatic heterocycles. The van der Waals surface area contributed by atoms with Gasteiger partial charge in [0, 0.05) is 0 Å². The van der Waals surface area contributed by atoms with E-state index in [0.29, 0.717) is 0 Å². The molecule has 0 spiro atoms. The number of carbonyl (C=O) groups excluding carboxylic acids is 1. The third kappa shape index (κ3) is 8.05. The van der Waals surface area contributed by atoms with Crippen LogP contribution in [-0.4, -0.2) is 34.6 Å². The van der Waals surface area contributed by atoms with Crippen LogP contribution in [-0.2, 0) is 14.4 Å². The molecule has 0 aliphatic heterocycles. The number of hydrogen-bond donors (Lipinski definition) is 3. The fourth-order valence-corrected chi connectivity index (χ4v) is 0.488. The highest BCUT2D eigenvalue weighted by Crippen LogP contribution is 1.82. The first-order valence-electron chi connectivity index (χ1n) is 3.40. The molecule has 1 amide bonds. The topological polar surface area (TPSA) is 104 Å². The van der Waals surface area contributed by atoms with E-state index in [0.717, 1.165) is 12.2 Å². The largest absolute Gasteiger partial charge is 0.481 e. The summed E-state index contributed by atoms with van der Waals surface area (Å²) < 4.78 is 0. The predicted molar refractivity (Wildman–Crippen MR) is 42.0 cm³/mol. The van der Waals surface area contributed by atoms with Crippen molar-refractivity contribution in [3.63, 3.8) is 0 Å². The van der Waals surface area contributed by atoms with E-state index in [9.17, 15) is 14.4 Å². The van der Waals surface area contributed by atoms with Crippen molar-refractivity contribution in [1.29, 1.82) is 0 Å². The Balaban J connectivity index is 3.67. The zero-order valence-corrected chi connectivity index (χ0v) is 6.69. The molecular formula is C7H9NO5. The molecule has 0 aliphatic carbocycles. The highest BCUT2D eigenvalue weighted by Gasteiger charge is 1.99. The lowest BCUT2D eigenvalue weighted by Gasteiger charge is -1.94. The van der Waals surface area contributed by atoms with Crippen LogP contribution in [0.5, 0.6) is 0 Å². The standard InChI is InChI=1S/C7H9NO5/c9-5(8-4-7(12)13)2-1-3-6(10)11/h1-2H,3-4H2,(H,8,9)(H,10,11)(H,12,13)/b2-1-. The highest BCUT2D eigenvalue weighted by molar-refractivity contribution is 5.90. The van der Waals surface area contributed by atoms with Crippen molar-refractivity contribution < 1.29 is 24.6 Å². The van der Waals surface area contributed by atoms with Crippen LogP contribution in [0.2, 0.25) is 0 Å². The third-order valence-corrected chi connectivity index (χ3v) is 0.976. The van der Waals surface area contributed by atoms with Crippen molar-refractivity contribution in [2.45, 2.75) is 6.42 Å². The molecule has 13 heavy (non-hydrogen) atoms. The summed E-state index contributed by atoms with van der Waals surface area (Å²) >= 11 is 0. The molecule has 6 nitrogen and oxygen atoms in total. The van der Waals surface area contributed by atoms with Gasteiger partial charge in [0.15, 0.2) is 0 Å². The van der Waals surface area contributed by atoms with Gasteiger partial charge in [-0.3, -0.25) is 14.4 Å². The van der Waals surface area contributed by atoms with Crippen LogP contribution in [0.15, 0.2) is 12.2 Å². The Morgan fingerprint density at radius 3 is 2.23 bits per heavy atom. The number of carboxylic acid groups (broad SMARTS) is 2. The van der Waals surface area contributed by atoms with Gasteiger partial charge < -0.3 is 15.5 Å². The molecule has 0 saturated heterocycles. The van der Waals surface area contributed by atoms with Crippen molar-refractivity contribution >= 4 is 17.8 Å². The van der Waals surface area contributed by atoms with Gasteiger partial charge in [0.25, 0.3) is 0 Å². The van der Waals surface area contributed by atoms with Crippen LogP contribution in [0, 0.1) is 0 Å². The molecule has 3 N–H and O–H groups in total. The number of hydrogen-bond acceptors (Lipinski definition) is 3. The van der Waals surface area contributed by atoms with Crippen LogP contribution in [0.4, 0.5) is 0 Å². The molecular weight excluding hydrogens is 178 g/mol. The first-order valence-corrected chi connectivity index (χ1v) is 3.40. The van der Waals surface area contributed by atoms with Gasteiger partial charge in [-0.05, 0) is 6.08 Å². The smallest absolute Gasteiger partial charge is 0.322 e. The Bertz CT molecular complexity index is 245. The van der Waals surface area contributed by atoms with E-state index in [4.69, 9.17) is 10.2 Å². The van der Waals surface area contributed by atoms with Gasteiger partial charge in [0.2, 0.25) is 5.91 Å². The van der Waals surface area contributed by atoms with Gasteiger partial charge in [-0.15, -0.1) is 0 Å². The van der Waals surface area contributed by atoms with Crippen LogP contribution in [0.25, 0.3) is 0 Å². The van der Waals surface area contributed by atoms with E-state index < -0.39 is 24.4 Å². The van der Waals surface area contributed by atoms with Crippen molar-refractivity contribution in [2.75, 3.05) is 6.54 Å². The summed E-state index contributed by atoms with van der Waals surface area (Å²) in [4.78, 5) is 30.6. The van der Waals surface area contributed by atoms with E-state index >= 15 is 0 Å². The van der Waals surface area contributed by atoms with Crippen LogP contribution in [0.1, 0.15) is 6.42 Å². The summed E-state index contributed by atoms with van der Waals surface area (Å²) in [5, 5.41) is 18.3. The minimum Gasteiger partial charge on any atom is -0.481 e. The zero-order valence-electron chi connectivity index (χ0n) is 6.69. The summed E-state index contributed by atoms with van der Waals surface area (Å²) in [6.07, 6.45) is 1.86. The molecule has 0 saturated carbocycles. The van der Waals surface area contributed by atoms with E-state index in [1.54, 1.807) is 0 Å². The molecule has 72 valence electrons. The van der Waals surface area contributed by atoms with Gasteiger partial charge in [0.05, 0.1) is 6.42 Å². The Labute approximate surface area is 73.9 Å². The molecule has 0 rings (SSSR count). The van der Waals surface area contributed by atoms with Crippen molar-refractivity contribution in [3.8, 4) is 0 Å². The van der Waals surface area contributed by atoms with Crippen molar-refractivity contribution in [1.82, 2.24) is 5.32 Å². The van der Waals surface area contributed by atoms with E-state index in [1.165, 1.54) is 0 Å². The molecule has 0 atom stereocenters. The lowest BCUT2D eigenvalue weighted by atomic mass is 10.3. The van der Waals surface area contributed by atoms with Crippen molar-refractivity contribution in [2.24, 2.45) is 0 Å². The molecule has 0 bridgehead atoms. The van der Waals surface area contributed by atoms with E-state index in [1.807, 2.05) is 5.32 Å². The third-order valence-electron chi connectivity index (χ3n) is 0.976. The maximum Gasteiger partial charge on any atom is 0.322 e. The number of aliphatic carboxylic acids is 2. The number of carbonyl (C=O) groups is 3. The molecule has 0 aromatic rings. The van der Waals surface area contributed by atoms with Crippen molar-refractivity contribution in [3.05, 3.63) is 12.2 Å². The Morgan fingerprint density at radius 1 is 1.15 bits per heavy atom. The molecule has 6 heteroatoms. The fourth-order valence-electron chi connectivity index (χ4n) is 0.488. The number of carboxylic acids is 2. The number of amides is 1. The fraction of sp³-hybridized carbons (Fsp3) is 0.286. The normalized spacial score (nSPS) is 9.85. The van der Waals surface area contributed by atoms with Crippen LogP contribution >= 0.6 is 0 Å². The molecule has 0 aromatic carbocycles. The Morgan fingerprint density at radius 2 is 1.77 bits per heavy atom. The van der Waals surface area contributed by atoms with Gasteiger partial charge >= 0.3 is 11.9 Å². The summed E-state index contributed by atoms with van der Waals surface area (Å²) in [7, 11) is 0. The second-order valence-electron chi connectivity index (χ2n) is 2.11. The SMILES string of the molecule is O=C(O)C/C=C\C(=O)NCC(=O)O. The van der Waals surface area contributed by atoms with E-state index in [2.05, 4.69) is 0 Å². The monoisotopic (exact) mass is 187 g/mol. The van der Waals surface area contributed by atoms with Crippen LogP contribution < -0.4 is 5.32 Å². The zero-order chi connectivity index (χ0) is 10.3. The Kier molecular flexibility index (Phi) is 4.94. The minimum absolute atomic E-state index is 0.263. The second-order valence-corrected chi connectivity index (χ2v) is 2.11. The van der Waals surface area contributed by atoms with Gasteiger partial charge in [-0.1, -0.05) is 6.08 Å². The average molecular weight is 187 g/mol. The summed E-state index contributed by atoms with van der Waals surface area (Å²) in [5.74, 6) is -2.83. The molecule has 0 aliphatic rings. The van der Waals surface area contributed by atoms with Gasteiger partial charge in [-0.2, -0.15) is 0 Å². The number of nitrogens with one attached hydrogen (secondary N) is 1. The molecule has 0 radical (unpaired) electrons. The first kappa shape index (κ1) is 11.2. The lowest BCUT2D eigenvalue weighted by molar-refractivity contribution is -0.137. The summed E-state index contributed by atoms with van der Waals surface area (Å²) in [6, 6.07) is 0. The maximum absolute atomic E-state index is 10.7. The highest BCUT2D eigenvalue weighted by atomic mass is 16.4. The van der Waals surface area contributed by atoms with Gasteiger partial charge in [-0.25, -0.2) is 0 Å². The van der Waals surface area contributed by atoms with Crippen LogP contribution in [0.3, 0.4) is 0 Å². The molecule has 0 fully saturated rings. The summed E-state index contributed by atoms with van der Waals surface area (Å²) in [5.41, 5.74) is 0.